The molecule has 3 rings (SSSR count). The first-order valence-corrected chi connectivity index (χ1v) is 10.4. The molecule has 0 unspecified atom stereocenters. The number of anilines is 1. The van der Waals surface area contributed by atoms with Crippen LogP contribution in [0.5, 0.6) is 0 Å². The van der Waals surface area contributed by atoms with Crippen molar-refractivity contribution in [1.29, 1.82) is 0 Å². The van der Waals surface area contributed by atoms with Crippen molar-refractivity contribution >= 4 is 21.6 Å². The normalized spacial score (nSPS) is 15.1. The summed E-state index contributed by atoms with van der Waals surface area (Å²) in [4.78, 5) is 14.5. The third kappa shape index (κ3) is 3.75. The molecule has 1 aliphatic rings. The van der Waals surface area contributed by atoms with Crippen LogP contribution in [0.2, 0.25) is 0 Å². The molecule has 2 aromatic rings. The van der Waals surface area contributed by atoms with Crippen LogP contribution in [-0.4, -0.2) is 42.1 Å². The van der Waals surface area contributed by atoms with Crippen molar-refractivity contribution in [2.75, 3.05) is 17.8 Å². The van der Waals surface area contributed by atoms with E-state index in [4.69, 9.17) is 0 Å². The van der Waals surface area contributed by atoms with E-state index in [1.54, 1.807) is 35.9 Å². The first-order chi connectivity index (χ1) is 12.4. The fourth-order valence-electron chi connectivity index (χ4n) is 3.18. The second kappa shape index (κ2) is 7.49. The maximum absolute atomic E-state index is 12.6. The fraction of sp³-hybridized carbons (Fsp3) is 0.444. The Morgan fingerprint density at radius 2 is 1.81 bits per heavy atom. The van der Waals surface area contributed by atoms with Crippen LogP contribution in [-0.2, 0) is 16.6 Å². The molecule has 1 fully saturated rings. The van der Waals surface area contributed by atoms with Gasteiger partial charge >= 0.3 is 0 Å². The second-order valence-electron chi connectivity index (χ2n) is 6.45. The number of likely N-dealkylation sites (tertiary alicyclic amines) is 1. The van der Waals surface area contributed by atoms with Crippen LogP contribution < -0.4 is 4.72 Å². The molecular weight excluding hydrogens is 352 g/mol. The van der Waals surface area contributed by atoms with Crippen LogP contribution in [0.3, 0.4) is 0 Å². The number of sulfonamides is 1. The lowest BCUT2D eigenvalue weighted by Gasteiger charge is -2.26. The largest absolute Gasteiger partial charge is 0.339 e. The molecular formula is C18H24N4O3S. The highest BCUT2D eigenvalue weighted by atomic mass is 32.2. The second-order valence-corrected chi connectivity index (χ2v) is 8.10. The molecule has 140 valence electrons. The molecule has 1 N–H and O–H groups in total. The minimum absolute atomic E-state index is 0.000765. The molecule has 0 bridgehead atoms. The van der Waals surface area contributed by atoms with Gasteiger partial charge in [-0.1, -0.05) is 0 Å². The van der Waals surface area contributed by atoms with E-state index in [9.17, 15) is 13.2 Å². The molecule has 8 heteroatoms. The Morgan fingerprint density at radius 1 is 1.15 bits per heavy atom. The van der Waals surface area contributed by atoms with Gasteiger partial charge in [-0.15, -0.1) is 0 Å². The predicted octanol–water partition coefficient (Wildman–Crippen LogP) is 2.64. The molecule has 7 nitrogen and oxygen atoms in total. The number of hydrogen-bond donors (Lipinski definition) is 1. The Morgan fingerprint density at radius 3 is 2.38 bits per heavy atom. The molecule has 0 saturated carbocycles. The van der Waals surface area contributed by atoms with E-state index in [0.717, 1.165) is 25.9 Å². The SMILES string of the molecule is CCn1ncc(S(=O)(=O)Nc2ccc(C(=O)N3CCCCC3)cc2)c1C. The molecule has 0 spiro atoms. The van der Waals surface area contributed by atoms with E-state index >= 15 is 0 Å². The summed E-state index contributed by atoms with van der Waals surface area (Å²) < 4.78 is 29.3. The predicted molar refractivity (Wildman–Crippen MR) is 99.6 cm³/mol. The topological polar surface area (TPSA) is 84.3 Å². The maximum atomic E-state index is 12.6. The van der Waals surface area contributed by atoms with Crippen molar-refractivity contribution in [3.63, 3.8) is 0 Å². The van der Waals surface area contributed by atoms with E-state index in [2.05, 4.69) is 9.82 Å². The molecule has 0 radical (unpaired) electrons. The maximum Gasteiger partial charge on any atom is 0.265 e. The lowest BCUT2D eigenvalue weighted by Crippen LogP contribution is -2.35. The number of nitrogens with zero attached hydrogens (tertiary/aromatic N) is 3. The number of carbonyl (C=O) groups is 1. The van der Waals surface area contributed by atoms with Gasteiger partial charge in [-0.2, -0.15) is 5.10 Å². The van der Waals surface area contributed by atoms with Crippen molar-refractivity contribution in [3.8, 4) is 0 Å². The van der Waals surface area contributed by atoms with Crippen molar-refractivity contribution in [1.82, 2.24) is 14.7 Å². The van der Waals surface area contributed by atoms with E-state index < -0.39 is 10.0 Å². The number of carbonyl (C=O) groups excluding carboxylic acids is 1. The average molecular weight is 376 g/mol. The van der Waals surface area contributed by atoms with Gasteiger partial charge in [0.1, 0.15) is 4.90 Å². The Bertz CT molecular complexity index is 882. The summed E-state index contributed by atoms with van der Waals surface area (Å²) in [5, 5.41) is 4.08. The van der Waals surface area contributed by atoms with Gasteiger partial charge in [0.05, 0.1) is 11.9 Å². The molecule has 1 aliphatic heterocycles. The first-order valence-electron chi connectivity index (χ1n) is 8.87. The van der Waals surface area contributed by atoms with Gasteiger partial charge in [0.2, 0.25) is 0 Å². The summed E-state index contributed by atoms with van der Waals surface area (Å²) in [6.45, 7) is 5.81. The Balaban J connectivity index is 1.74. The lowest BCUT2D eigenvalue weighted by molar-refractivity contribution is 0.0724. The van der Waals surface area contributed by atoms with Gasteiger partial charge in [0.25, 0.3) is 15.9 Å². The lowest BCUT2D eigenvalue weighted by atomic mass is 10.1. The standard InChI is InChI=1S/C18H24N4O3S/c1-3-22-14(2)17(13-19-22)26(24,25)20-16-9-7-15(8-10-16)18(23)21-11-5-4-6-12-21/h7-10,13,20H,3-6,11-12H2,1-2H3. The van der Waals surface area contributed by atoms with Gasteiger partial charge in [-0.3, -0.25) is 14.2 Å². The zero-order valence-corrected chi connectivity index (χ0v) is 15.9. The van der Waals surface area contributed by atoms with Crippen LogP contribution in [0, 0.1) is 6.92 Å². The number of aryl methyl sites for hydroxylation is 1. The molecule has 0 atom stereocenters. The molecule has 1 saturated heterocycles. The smallest absolute Gasteiger partial charge is 0.265 e. The molecule has 2 heterocycles. The molecule has 0 aliphatic carbocycles. The van der Waals surface area contributed by atoms with Crippen molar-refractivity contribution in [2.24, 2.45) is 0 Å². The highest BCUT2D eigenvalue weighted by molar-refractivity contribution is 7.92. The van der Waals surface area contributed by atoms with E-state index in [1.165, 1.54) is 12.6 Å². The third-order valence-electron chi connectivity index (χ3n) is 4.67. The van der Waals surface area contributed by atoms with E-state index in [-0.39, 0.29) is 10.8 Å². The summed E-state index contributed by atoms with van der Waals surface area (Å²) in [7, 11) is -3.72. The van der Waals surface area contributed by atoms with Crippen molar-refractivity contribution < 1.29 is 13.2 Å². The Labute approximate surface area is 154 Å². The van der Waals surface area contributed by atoms with Gasteiger partial charge in [0, 0.05) is 30.9 Å². The summed E-state index contributed by atoms with van der Waals surface area (Å²) in [5.41, 5.74) is 1.59. The van der Waals surface area contributed by atoms with Gasteiger partial charge in [-0.05, 0) is 57.4 Å². The third-order valence-corrected chi connectivity index (χ3v) is 6.16. The van der Waals surface area contributed by atoms with Crippen LogP contribution in [0.15, 0.2) is 35.4 Å². The number of hydrogen-bond acceptors (Lipinski definition) is 4. The van der Waals surface area contributed by atoms with Gasteiger partial charge in [-0.25, -0.2) is 8.42 Å². The van der Waals surface area contributed by atoms with Gasteiger partial charge < -0.3 is 4.90 Å². The number of rotatable bonds is 5. The van der Waals surface area contributed by atoms with Crippen molar-refractivity contribution in [2.45, 2.75) is 44.6 Å². The minimum atomic E-state index is -3.72. The van der Waals surface area contributed by atoms with Crippen LogP contribution in [0.25, 0.3) is 0 Å². The summed E-state index contributed by atoms with van der Waals surface area (Å²) >= 11 is 0. The fourth-order valence-corrected chi connectivity index (χ4v) is 4.42. The zero-order valence-electron chi connectivity index (χ0n) is 15.1. The molecule has 1 amide bonds. The number of piperidine rings is 1. The first kappa shape index (κ1) is 18.4. The Hall–Kier alpha value is -2.35. The highest BCUT2D eigenvalue weighted by Crippen LogP contribution is 2.20. The highest BCUT2D eigenvalue weighted by Gasteiger charge is 2.21. The van der Waals surface area contributed by atoms with Crippen molar-refractivity contribution in [3.05, 3.63) is 41.7 Å². The number of amides is 1. The minimum Gasteiger partial charge on any atom is -0.339 e. The van der Waals surface area contributed by atoms with Crippen LogP contribution in [0.4, 0.5) is 5.69 Å². The number of nitrogens with one attached hydrogen (secondary N) is 1. The Kier molecular flexibility index (Phi) is 5.31. The summed E-state index contributed by atoms with van der Waals surface area (Å²) in [5.74, 6) is -0.000765. The molecule has 1 aromatic carbocycles. The zero-order chi connectivity index (χ0) is 18.7. The monoisotopic (exact) mass is 376 g/mol. The quantitative estimate of drug-likeness (QED) is 0.869. The van der Waals surface area contributed by atoms with Gasteiger partial charge in [0.15, 0.2) is 0 Å². The number of benzene rings is 1. The van der Waals surface area contributed by atoms with Crippen LogP contribution in [0.1, 0.15) is 42.2 Å². The number of aromatic nitrogens is 2. The van der Waals surface area contributed by atoms with E-state index in [0.29, 0.717) is 23.5 Å². The molecule has 1 aromatic heterocycles. The summed E-state index contributed by atoms with van der Waals surface area (Å²) in [6.07, 6.45) is 4.59. The average Bonchev–Trinajstić information content (AvgIpc) is 3.03. The van der Waals surface area contributed by atoms with Crippen LogP contribution >= 0.6 is 0 Å². The molecule has 26 heavy (non-hydrogen) atoms. The summed E-state index contributed by atoms with van der Waals surface area (Å²) in [6, 6.07) is 6.57. The van der Waals surface area contributed by atoms with E-state index in [1.807, 2.05) is 11.8 Å².